The molecule has 0 aliphatic carbocycles. The number of hydrogen-bond acceptors (Lipinski definition) is 3. The van der Waals surface area contributed by atoms with E-state index in [1.54, 1.807) is 4.68 Å². The van der Waals surface area contributed by atoms with Crippen LogP contribution in [0.5, 0.6) is 0 Å². The van der Waals surface area contributed by atoms with Crippen molar-refractivity contribution in [2.45, 2.75) is 39.2 Å². The number of benzene rings is 2. The number of amides is 1. The Hall–Kier alpha value is -2.73. The summed E-state index contributed by atoms with van der Waals surface area (Å²) in [5.74, 6) is 1.29. The second kappa shape index (κ2) is 7.02. The molecule has 1 aliphatic rings. The van der Waals surface area contributed by atoms with Crippen molar-refractivity contribution < 1.29 is 9.00 Å². The molecule has 0 bridgehead atoms. The Morgan fingerprint density at radius 2 is 1.79 bits per heavy atom. The third-order valence-electron chi connectivity index (χ3n) is 5.25. The van der Waals surface area contributed by atoms with Gasteiger partial charge < -0.3 is 5.32 Å². The molecule has 2 heterocycles. The molecule has 3 aromatic rings. The molecular formula is C22H23N3O2S. The van der Waals surface area contributed by atoms with E-state index in [0.717, 1.165) is 33.6 Å². The standard InChI is InChI=1S/C22H23N3O2S/c1-13-5-8-20(16(4)9-13)25-21(18-11-28(27)12-19(18)24-25)23-22(26)17-7-6-14(2)15(3)10-17/h5-10H,11-12H2,1-4H3,(H,23,26)/t28-/m1/s1. The molecule has 0 fully saturated rings. The fourth-order valence-corrected chi connectivity index (χ4v) is 4.80. The summed E-state index contributed by atoms with van der Waals surface area (Å²) >= 11 is 0. The Morgan fingerprint density at radius 1 is 1.00 bits per heavy atom. The van der Waals surface area contributed by atoms with E-state index in [2.05, 4.69) is 16.5 Å². The number of nitrogens with zero attached hydrogens (tertiary/aromatic N) is 2. The van der Waals surface area contributed by atoms with E-state index < -0.39 is 10.8 Å². The predicted molar refractivity (Wildman–Crippen MR) is 112 cm³/mol. The van der Waals surface area contributed by atoms with Gasteiger partial charge in [-0.25, -0.2) is 4.68 Å². The van der Waals surface area contributed by atoms with Gasteiger partial charge in [-0.15, -0.1) is 0 Å². The molecule has 28 heavy (non-hydrogen) atoms. The van der Waals surface area contributed by atoms with Crippen molar-refractivity contribution >= 4 is 22.5 Å². The van der Waals surface area contributed by atoms with E-state index in [1.165, 1.54) is 5.56 Å². The highest BCUT2D eigenvalue weighted by Crippen LogP contribution is 2.32. The number of carbonyl (C=O) groups is 1. The Kier molecular flexibility index (Phi) is 4.67. The fourth-order valence-electron chi connectivity index (χ4n) is 3.54. The molecule has 0 radical (unpaired) electrons. The number of hydrogen-bond donors (Lipinski definition) is 1. The van der Waals surface area contributed by atoms with Crippen LogP contribution >= 0.6 is 0 Å². The van der Waals surface area contributed by atoms with Gasteiger partial charge in [-0.3, -0.25) is 9.00 Å². The maximum Gasteiger partial charge on any atom is 0.256 e. The number of anilines is 1. The molecule has 0 spiro atoms. The molecule has 6 heteroatoms. The Bertz CT molecular complexity index is 1130. The molecule has 1 aromatic heterocycles. The Morgan fingerprint density at radius 3 is 2.50 bits per heavy atom. The van der Waals surface area contributed by atoms with Crippen molar-refractivity contribution in [3.05, 3.63) is 75.5 Å². The van der Waals surface area contributed by atoms with Crippen LogP contribution in [0.25, 0.3) is 5.69 Å². The topological polar surface area (TPSA) is 64.0 Å². The predicted octanol–water partition coefficient (Wildman–Crippen LogP) is 4.12. The van der Waals surface area contributed by atoms with Crippen LogP contribution in [0.15, 0.2) is 36.4 Å². The van der Waals surface area contributed by atoms with Gasteiger partial charge in [-0.05, 0) is 62.6 Å². The summed E-state index contributed by atoms with van der Waals surface area (Å²) in [5.41, 5.74) is 7.65. The summed E-state index contributed by atoms with van der Waals surface area (Å²) in [7, 11) is -0.965. The van der Waals surface area contributed by atoms with E-state index in [1.807, 2.05) is 58.0 Å². The fraction of sp³-hybridized carbons (Fsp3) is 0.273. The Labute approximate surface area is 167 Å². The third kappa shape index (κ3) is 3.29. The van der Waals surface area contributed by atoms with Crippen molar-refractivity contribution in [2.75, 3.05) is 5.32 Å². The maximum atomic E-state index is 13.0. The average Bonchev–Trinajstić information content (AvgIpc) is 3.14. The molecule has 0 unspecified atom stereocenters. The summed E-state index contributed by atoms with van der Waals surface area (Å²) in [6, 6.07) is 11.8. The van der Waals surface area contributed by atoms with E-state index in [9.17, 15) is 9.00 Å². The maximum absolute atomic E-state index is 13.0. The number of aryl methyl sites for hydroxylation is 4. The first-order valence-electron chi connectivity index (χ1n) is 9.25. The van der Waals surface area contributed by atoms with Gasteiger partial charge in [0.2, 0.25) is 0 Å². The molecule has 1 aliphatic heterocycles. The largest absolute Gasteiger partial charge is 0.306 e. The van der Waals surface area contributed by atoms with Crippen molar-refractivity contribution in [3.63, 3.8) is 0 Å². The summed E-state index contributed by atoms with van der Waals surface area (Å²) in [6.45, 7) is 8.09. The van der Waals surface area contributed by atoms with E-state index in [0.29, 0.717) is 22.9 Å². The van der Waals surface area contributed by atoms with Gasteiger partial charge in [0.25, 0.3) is 5.91 Å². The Balaban J connectivity index is 1.78. The molecule has 1 N–H and O–H groups in total. The molecule has 1 amide bonds. The lowest BCUT2D eigenvalue weighted by atomic mass is 10.1. The molecule has 1 atom stereocenters. The number of nitrogens with one attached hydrogen (secondary N) is 1. The number of rotatable bonds is 3. The van der Waals surface area contributed by atoms with E-state index >= 15 is 0 Å². The zero-order chi connectivity index (χ0) is 20.0. The van der Waals surface area contributed by atoms with Crippen molar-refractivity contribution in [3.8, 4) is 5.69 Å². The zero-order valence-corrected chi connectivity index (χ0v) is 17.3. The SMILES string of the molecule is Cc1ccc(-n2nc3c(c2NC(=O)c2ccc(C)c(C)c2)C[S@@](=O)C3)c(C)c1. The molecule has 0 saturated heterocycles. The van der Waals surface area contributed by atoms with Gasteiger partial charge in [-0.2, -0.15) is 5.10 Å². The van der Waals surface area contributed by atoms with Gasteiger partial charge in [-0.1, -0.05) is 23.8 Å². The van der Waals surface area contributed by atoms with Crippen LogP contribution < -0.4 is 5.32 Å². The van der Waals surface area contributed by atoms with Crippen LogP contribution in [0.1, 0.15) is 43.9 Å². The quantitative estimate of drug-likeness (QED) is 0.728. The van der Waals surface area contributed by atoms with Crippen LogP contribution in [-0.4, -0.2) is 19.9 Å². The van der Waals surface area contributed by atoms with E-state index in [-0.39, 0.29) is 5.91 Å². The lowest BCUT2D eigenvalue weighted by Gasteiger charge is -2.14. The highest BCUT2D eigenvalue weighted by molar-refractivity contribution is 7.83. The molecule has 5 nitrogen and oxygen atoms in total. The van der Waals surface area contributed by atoms with Gasteiger partial charge in [0.15, 0.2) is 0 Å². The smallest absolute Gasteiger partial charge is 0.256 e. The van der Waals surface area contributed by atoms with Gasteiger partial charge in [0, 0.05) is 21.9 Å². The van der Waals surface area contributed by atoms with Crippen LogP contribution in [-0.2, 0) is 22.3 Å². The molecule has 144 valence electrons. The monoisotopic (exact) mass is 393 g/mol. The summed E-state index contributed by atoms with van der Waals surface area (Å²) in [4.78, 5) is 13.0. The minimum Gasteiger partial charge on any atom is -0.306 e. The number of fused-ring (bicyclic) bond motifs is 1. The average molecular weight is 394 g/mol. The lowest BCUT2D eigenvalue weighted by molar-refractivity contribution is 0.102. The van der Waals surface area contributed by atoms with Crippen molar-refractivity contribution in [1.82, 2.24) is 9.78 Å². The number of aromatic nitrogens is 2. The first kappa shape index (κ1) is 18.6. The minimum atomic E-state index is -0.965. The minimum absolute atomic E-state index is 0.186. The molecular weight excluding hydrogens is 370 g/mol. The highest BCUT2D eigenvalue weighted by Gasteiger charge is 2.29. The van der Waals surface area contributed by atoms with Gasteiger partial charge in [0.05, 0.1) is 22.9 Å². The first-order valence-corrected chi connectivity index (χ1v) is 10.7. The summed E-state index contributed by atoms with van der Waals surface area (Å²) in [5, 5.41) is 7.73. The van der Waals surface area contributed by atoms with Crippen LogP contribution in [0.4, 0.5) is 5.82 Å². The van der Waals surface area contributed by atoms with Crippen molar-refractivity contribution in [2.24, 2.45) is 0 Å². The number of carbonyl (C=O) groups excluding carboxylic acids is 1. The molecule has 0 saturated carbocycles. The first-order chi connectivity index (χ1) is 13.3. The van der Waals surface area contributed by atoms with Gasteiger partial charge in [0.1, 0.15) is 5.82 Å². The lowest BCUT2D eigenvalue weighted by Crippen LogP contribution is -2.17. The molecule has 2 aromatic carbocycles. The molecule has 4 rings (SSSR count). The zero-order valence-electron chi connectivity index (χ0n) is 16.5. The summed E-state index contributed by atoms with van der Waals surface area (Å²) < 4.78 is 13.8. The van der Waals surface area contributed by atoms with Crippen LogP contribution in [0, 0.1) is 27.7 Å². The van der Waals surface area contributed by atoms with Gasteiger partial charge >= 0.3 is 0 Å². The van der Waals surface area contributed by atoms with Crippen LogP contribution in [0.2, 0.25) is 0 Å². The van der Waals surface area contributed by atoms with Crippen LogP contribution in [0.3, 0.4) is 0 Å². The third-order valence-corrected chi connectivity index (χ3v) is 6.46. The second-order valence-electron chi connectivity index (χ2n) is 7.46. The normalized spacial score (nSPS) is 15.5. The van der Waals surface area contributed by atoms with E-state index in [4.69, 9.17) is 0 Å². The van der Waals surface area contributed by atoms with Crippen molar-refractivity contribution in [1.29, 1.82) is 0 Å². The second-order valence-corrected chi connectivity index (χ2v) is 8.91. The highest BCUT2D eigenvalue weighted by atomic mass is 32.2. The summed E-state index contributed by atoms with van der Waals surface area (Å²) in [6.07, 6.45) is 0.